The molecule has 2 aromatic rings. The van der Waals surface area contributed by atoms with Crippen molar-refractivity contribution in [3.05, 3.63) is 59.2 Å². The van der Waals surface area contributed by atoms with Crippen LogP contribution in [0.1, 0.15) is 15.9 Å². The summed E-state index contributed by atoms with van der Waals surface area (Å²) in [6.45, 7) is 1.83. The smallest absolute Gasteiger partial charge is 0.259 e. The molecule has 3 nitrogen and oxygen atoms in total. The summed E-state index contributed by atoms with van der Waals surface area (Å²) in [7, 11) is 1.44. The minimum absolute atomic E-state index is 0.0834. The number of methoxy groups -OCH3 is 1. The molecule has 0 atom stereocenters. The summed E-state index contributed by atoms with van der Waals surface area (Å²) in [5, 5.41) is 2.40. The topological polar surface area (TPSA) is 38.3 Å². The van der Waals surface area contributed by atoms with Crippen LogP contribution in [0.4, 0.5) is 14.5 Å². The van der Waals surface area contributed by atoms with Gasteiger partial charge in [0.1, 0.15) is 17.4 Å². The van der Waals surface area contributed by atoms with E-state index in [-0.39, 0.29) is 11.3 Å². The van der Waals surface area contributed by atoms with Crippen molar-refractivity contribution in [1.29, 1.82) is 0 Å². The highest BCUT2D eigenvalue weighted by Gasteiger charge is 2.14. The van der Waals surface area contributed by atoms with E-state index in [0.717, 1.165) is 11.6 Å². The Hall–Kier alpha value is -2.43. The second-order valence-electron chi connectivity index (χ2n) is 4.28. The van der Waals surface area contributed by atoms with Gasteiger partial charge in [-0.05, 0) is 31.2 Å². The number of aryl methyl sites for hydroxylation is 1. The van der Waals surface area contributed by atoms with Gasteiger partial charge in [0.2, 0.25) is 0 Å². The summed E-state index contributed by atoms with van der Waals surface area (Å²) in [6, 6.07) is 8.05. The molecule has 0 aromatic heterocycles. The van der Waals surface area contributed by atoms with Crippen LogP contribution in [0.2, 0.25) is 0 Å². The van der Waals surface area contributed by atoms with Crippen LogP contribution in [0.15, 0.2) is 36.4 Å². The molecule has 20 heavy (non-hydrogen) atoms. The molecule has 0 bridgehead atoms. The van der Waals surface area contributed by atoms with E-state index in [9.17, 15) is 13.6 Å². The summed E-state index contributed by atoms with van der Waals surface area (Å²) in [5.74, 6) is -1.66. The quantitative estimate of drug-likeness (QED) is 0.932. The molecule has 0 aliphatic rings. The van der Waals surface area contributed by atoms with E-state index >= 15 is 0 Å². The van der Waals surface area contributed by atoms with Crippen molar-refractivity contribution in [3.8, 4) is 5.75 Å². The van der Waals surface area contributed by atoms with Crippen molar-refractivity contribution < 1.29 is 18.3 Å². The molecule has 0 fully saturated rings. The molecule has 104 valence electrons. The van der Waals surface area contributed by atoms with Crippen LogP contribution < -0.4 is 10.1 Å². The third kappa shape index (κ3) is 2.93. The second-order valence-corrected chi connectivity index (χ2v) is 4.28. The molecule has 0 radical (unpaired) electrons. The third-order valence-electron chi connectivity index (χ3n) is 2.78. The third-order valence-corrected chi connectivity index (χ3v) is 2.78. The van der Waals surface area contributed by atoms with Crippen molar-refractivity contribution in [3.63, 3.8) is 0 Å². The Morgan fingerprint density at radius 1 is 1.15 bits per heavy atom. The van der Waals surface area contributed by atoms with Crippen molar-refractivity contribution in [2.75, 3.05) is 12.4 Å². The second kappa shape index (κ2) is 5.69. The highest BCUT2D eigenvalue weighted by atomic mass is 19.1. The number of halogens is 2. The lowest BCUT2D eigenvalue weighted by Gasteiger charge is -2.10. The molecule has 0 saturated heterocycles. The number of hydrogen-bond acceptors (Lipinski definition) is 2. The van der Waals surface area contributed by atoms with Gasteiger partial charge in [0.15, 0.2) is 0 Å². The van der Waals surface area contributed by atoms with E-state index in [1.807, 2.05) is 6.92 Å². The van der Waals surface area contributed by atoms with Crippen LogP contribution in [0.25, 0.3) is 0 Å². The lowest BCUT2D eigenvalue weighted by molar-refractivity contribution is 0.102. The van der Waals surface area contributed by atoms with Crippen LogP contribution >= 0.6 is 0 Å². The predicted octanol–water partition coefficient (Wildman–Crippen LogP) is 3.53. The Labute approximate surface area is 115 Å². The molecule has 1 amide bonds. The van der Waals surface area contributed by atoms with Crippen LogP contribution in [-0.2, 0) is 0 Å². The van der Waals surface area contributed by atoms with Crippen LogP contribution in [0.5, 0.6) is 5.75 Å². The molecule has 2 rings (SSSR count). The molecule has 0 aliphatic heterocycles. The lowest BCUT2D eigenvalue weighted by atomic mass is 10.1. The molecule has 0 heterocycles. The Bertz CT molecular complexity index is 656. The molecule has 5 heteroatoms. The van der Waals surface area contributed by atoms with E-state index in [4.69, 9.17) is 4.74 Å². The van der Waals surface area contributed by atoms with Crippen LogP contribution in [0.3, 0.4) is 0 Å². The van der Waals surface area contributed by atoms with Gasteiger partial charge in [0.25, 0.3) is 5.91 Å². The first-order valence-electron chi connectivity index (χ1n) is 5.92. The number of carbonyl (C=O) groups is 1. The zero-order chi connectivity index (χ0) is 14.7. The number of hydrogen-bond donors (Lipinski definition) is 1. The maximum absolute atomic E-state index is 13.5. The van der Waals surface area contributed by atoms with E-state index in [0.29, 0.717) is 11.8 Å². The summed E-state index contributed by atoms with van der Waals surface area (Å²) >= 11 is 0. The first-order chi connectivity index (χ1) is 9.51. The van der Waals surface area contributed by atoms with Crippen molar-refractivity contribution in [1.82, 2.24) is 0 Å². The normalized spacial score (nSPS) is 10.2. The number of rotatable bonds is 3. The van der Waals surface area contributed by atoms with Gasteiger partial charge in [0.05, 0.1) is 18.4 Å². The average Bonchev–Trinajstić information content (AvgIpc) is 2.41. The summed E-state index contributed by atoms with van der Waals surface area (Å²) < 4.78 is 31.4. The Morgan fingerprint density at radius 3 is 2.55 bits per heavy atom. The van der Waals surface area contributed by atoms with Gasteiger partial charge in [0, 0.05) is 6.07 Å². The Morgan fingerprint density at radius 2 is 1.90 bits per heavy atom. The monoisotopic (exact) mass is 277 g/mol. The zero-order valence-corrected chi connectivity index (χ0v) is 11.0. The molecule has 0 saturated carbocycles. The number of ether oxygens (including phenoxy) is 1. The average molecular weight is 277 g/mol. The largest absolute Gasteiger partial charge is 0.496 e. The minimum Gasteiger partial charge on any atom is -0.496 e. The zero-order valence-electron chi connectivity index (χ0n) is 11.0. The van der Waals surface area contributed by atoms with Gasteiger partial charge in [-0.3, -0.25) is 4.79 Å². The highest BCUT2D eigenvalue weighted by molar-refractivity contribution is 6.06. The molecule has 0 spiro atoms. The molecule has 0 unspecified atom stereocenters. The Kier molecular flexibility index (Phi) is 3.98. The number of nitrogens with one attached hydrogen (secondary N) is 1. The molecular formula is C15H13F2NO2. The minimum atomic E-state index is -0.829. The van der Waals surface area contributed by atoms with Gasteiger partial charge in [-0.15, -0.1) is 0 Å². The van der Waals surface area contributed by atoms with Gasteiger partial charge in [-0.2, -0.15) is 0 Å². The van der Waals surface area contributed by atoms with Crippen molar-refractivity contribution >= 4 is 11.6 Å². The SMILES string of the molecule is COc1ccc(C)cc1C(=O)Nc1ccc(F)cc1F. The van der Waals surface area contributed by atoms with E-state index < -0.39 is 17.5 Å². The predicted molar refractivity (Wildman–Crippen MR) is 72.0 cm³/mol. The first-order valence-corrected chi connectivity index (χ1v) is 5.92. The fourth-order valence-electron chi connectivity index (χ4n) is 1.78. The molecule has 1 N–H and O–H groups in total. The maximum Gasteiger partial charge on any atom is 0.259 e. The van der Waals surface area contributed by atoms with Crippen LogP contribution in [0, 0.1) is 18.6 Å². The number of benzene rings is 2. The number of anilines is 1. The molecule has 0 aliphatic carbocycles. The molecule has 2 aromatic carbocycles. The maximum atomic E-state index is 13.5. The van der Waals surface area contributed by atoms with E-state index in [1.165, 1.54) is 13.2 Å². The lowest BCUT2D eigenvalue weighted by Crippen LogP contribution is -2.14. The van der Waals surface area contributed by atoms with Gasteiger partial charge < -0.3 is 10.1 Å². The van der Waals surface area contributed by atoms with E-state index in [1.54, 1.807) is 18.2 Å². The standard InChI is InChI=1S/C15H13F2NO2/c1-9-3-6-14(20-2)11(7-9)15(19)18-13-5-4-10(16)8-12(13)17/h3-8H,1-2H3,(H,18,19). The fourth-order valence-corrected chi connectivity index (χ4v) is 1.78. The highest BCUT2D eigenvalue weighted by Crippen LogP contribution is 2.22. The van der Waals surface area contributed by atoms with E-state index in [2.05, 4.69) is 5.32 Å². The van der Waals surface area contributed by atoms with Crippen LogP contribution in [-0.4, -0.2) is 13.0 Å². The van der Waals surface area contributed by atoms with Gasteiger partial charge >= 0.3 is 0 Å². The first kappa shape index (κ1) is 14.0. The summed E-state index contributed by atoms with van der Waals surface area (Å²) in [6.07, 6.45) is 0. The van der Waals surface area contributed by atoms with Crippen molar-refractivity contribution in [2.45, 2.75) is 6.92 Å². The summed E-state index contributed by atoms with van der Waals surface area (Å²) in [5.41, 5.74) is 1.08. The van der Waals surface area contributed by atoms with Crippen molar-refractivity contribution in [2.24, 2.45) is 0 Å². The fraction of sp³-hybridized carbons (Fsp3) is 0.133. The Balaban J connectivity index is 2.30. The number of amides is 1. The van der Waals surface area contributed by atoms with Gasteiger partial charge in [-0.25, -0.2) is 8.78 Å². The molecular weight excluding hydrogens is 264 g/mol. The van der Waals surface area contributed by atoms with Gasteiger partial charge in [-0.1, -0.05) is 11.6 Å². The number of carbonyl (C=O) groups excluding carboxylic acids is 1. The summed E-state index contributed by atoms with van der Waals surface area (Å²) in [4.78, 5) is 12.1.